The van der Waals surface area contributed by atoms with Gasteiger partial charge in [0.2, 0.25) is 0 Å². The fourth-order valence-corrected chi connectivity index (χ4v) is 1.33. The van der Waals surface area contributed by atoms with E-state index in [1.165, 1.54) is 44.1 Å². The van der Waals surface area contributed by atoms with Gasteiger partial charge >= 0.3 is 0 Å². The molecule has 1 heteroatoms. The molecule has 0 aromatic rings. The average molecular weight is 183 g/mol. The second-order valence-electron chi connectivity index (χ2n) is 3.90. The molecule has 0 aromatic carbocycles. The molecular formula is C12H25N. The van der Waals surface area contributed by atoms with Crippen LogP contribution in [0.3, 0.4) is 0 Å². The molecule has 78 valence electrons. The highest BCUT2D eigenvalue weighted by molar-refractivity contribution is 4.90. The first-order chi connectivity index (χ1) is 6.27. The Morgan fingerprint density at radius 1 is 1.08 bits per heavy atom. The van der Waals surface area contributed by atoms with Gasteiger partial charge in [0, 0.05) is 6.54 Å². The summed E-state index contributed by atoms with van der Waals surface area (Å²) in [6.45, 7) is 10.3. The van der Waals surface area contributed by atoms with Crippen molar-refractivity contribution in [2.75, 3.05) is 13.1 Å². The standard InChI is InChI=1S/C12H25N/c1-4-5-6-7-8-9-10-13-11-12(2)3/h13H,2,4-11H2,1,3H3. The zero-order chi connectivity index (χ0) is 9.94. The van der Waals surface area contributed by atoms with E-state index >= 15 is 0 Å². The van der Waals surface area contributed by atoms with Crippen LogP contribution >= 0.6 is 0 Å². The molecule has 0 saturated carbocycles. The van der Waals surface area contributed by atoms with Crippen LogP contribution in [0.5, 0.6) is 0 Å². The molecule has 0 rings (SSSR count). The van der Waals surface area contributed by atoms with Gasteiger partial charge in [-0.05, 0) is 19.9 Å². The number of nitrogens with one attached hydrogen (secondary N) is 1. The molecular weight excluding hydrogens is 158 g/mol. The topological polar surface area (TPSA) is 12.0 Å². The van der Waals surface area contributed by atoms with Crippen LogP contribution in [0, 0.1) is 0 Å². The van der Waals surface area contributed by atoms with E-state index in [2.05, 4.69) is 25.7 Å². The zero-order valence-electron chi connectivity index (χ0n) is 9.36. The second-order valence-corrected chi connectivity index (χ2v) is 3.90. The Hall–Kier alpha value is -0.300. The van der Waals surface area contributed by atoms with Crippen molar-refractivity contribution in [2.24, 2.45) is 0 Å². The summed E-state index contributed by atoms with van der Waals surface area (Å²) in [5, 5.41) is 3.38. The minimum absolute atomic E-state index is 0.981. The molecule has 0 spiro atoms. The van der Waals surface area contributed by atoms with Crippen LogP contribution in [-0.2, 0) is 0 Å². The van der Waals surface area contributed by atoms with Gasteiger partial charge in [0.25, 0.3) is 0 Å². The van der Waals surface area contributed by atoms with Gasteiger partial charge in [-0.2, -0.15) is 0 Å². The fraction of sp³-hybridized carbons (Fsp3) is 0.833. The molecule has 0 heterocycles. The Kier molecular flexibility index (Phi) is 9.56. The Labute approximate surface area is 83.6 Å². The quantitative estimate of drug-likeness (QED) is 0.426. The van der Waals surface area contributed by atoms with E-state index in [0.29, 0.717) is 0 Å². The molecule has 0 radical (unpaired) electrons. The Morgan fingerprint density at radius 2 is 1.69 bits per heavy atom. The van der Waals surface area contributed by atoms with Gasteiger partial charge in [-0.1, -0.05) is 51.2 Å². The number of hydrogen-bond acceptors (Lipinski definition) is 1. The maximum atomic E-state index is 3.85. The highest BCUT2D eigenvalue weighted by Gasteiger charge is 1.90. The van der Waals surface area contributed by atoms with Crippen LogP contribution in [0.15, 0.2) is 12.2 Å². The first-order valence-electron chi connectivity index (χ1n) is 5.62. The van der Waals surface area contributed by atoms with Gasteiger partial charge < -0.3 is 5.32 Å². The van der Waals surface area contributed by atoms with E-state index in [1.54, 1.807) is 0 Å². The maximum absolute atomic E-state index is 3.85. The van der Waals surface area contributed by atoms with Crippen LogP contribution in [-0.4, -0.2) is 13.1 Å². The van der Waals surface area contributed by atoms with Gasteiger partial charge in [-0.3, -0.25) is 0 Å². The molecule has 0 aliphatic heterocycles. The molecule has 0 amide bonds. The first-order valence-corrected chi connectivity index (χ1v) is 5.62. The van der Waals surface area contributed by atoms with Crippen molar-refractivity contribution in [3.63, 3.8) is 0 Å². The third kappa shape index (κ3) is 11.7. The van der Waals surface area contributed by atoms with Crippen molar-refractivity contribution in [2.45, 2.75) is 52.4 Å². The SMILES string of the molecule is C=C(C)CNCCCCCCCC. The van der Waals surface area contributed by atoms with Crippen LogP contribution in [0.25, 0.3) is 0 Å². The van der Waals surface area contributed by atoms with Gasteiger partial charge in [0.15, 0.2) is 0 Å². The van der Waals surface area contributed by atoms with Crippen molar-refractivity contribution >= 4 is 0 Å². The third-order valence-electron chi connectivity index (χ3n) is 2.13. The van der Waals surface area contributed by atoms with Crippen molar-refractivity contribution < 1.29 is 0 Å². The minimum atomic E-state index is 0.981. The van der Waals surface area contributed by atoms with Gasteiger partial charge in [-0.25, -0.2) is 0 Å². The summed E-state index contributed by atoms with van der Waals surface area (Å²) in [5.41, 5.74) is 1.23. The van der Waals surface area contributed by atoms with Crippen LogP contribution in [0.2, 0.25) is 0 Å². The van der Waals surface area contributed by atoms with Gasteiger partial charge in [0.1, 0.15) is 0 Å². The molecule has 0 bridgehead atoms. The maximum Gasteiger partial charge on any atom is 0.0159 e. The number of hydrogen-bond donors (Lipinski definition) is 1. The lowest BCUT2D eigenvalue weighted by Crippen LogP contribution is -2.16. The number of unbranched alkanes of at least 4 members (excludes halogenated alkanes) is 5. The normalized spacial score (nSPS) is 10.3. The van der Waals surface area contributed by atoms with Crippen LogP contribution in [0.1, 0.15) is 52.4 Å². The molecule has 1 nitrogen and oxygen atoms in total. The summed E-state index contributed by atoms with van der Waals surface area (Å²) in [6, 6.07) is 0. The predicted molar refractivity (Wildman–Crippen MR) is 61.1 cm³/mol. The predicted octanol–water partition coefficient (Wildman–Crippen LogP) is 3.51. The van der Waals surface area contributed by atoms with E-state index in [1.807, 2.05) is 0 Å². The van der Waals surface area contributed by atoms with Crippen LogP contribution < -0.4 is 5.32 Å². The smallest absolute Gasteiger partial charge is 0.0159 e. The van der Waals surface area contributed by atoms with Crippen molar-refractivity contribution in [3.05, 3.63) is 12.2 Å². The lowest BCUT2D eigenvalue weighted by molar-refractivity contribution is 0.582. The van der Waals surface area contributed by atoms with E-state index in [-0.39, 0.29) is 0 Å². The third-order valence-corrected chi connectivity index (χ3v) is 2.13. The molecule has 13 heavy (non-hydrogen) atoms. The van der Waals surface area contributed by atoms with E-state index < -0.39 is 0 Å². The summed E-state index contributed by atoms with van der Waals surface area (Å²) >= 11 is 0. The lowest BCUT2D eigenvalue weighted by Gasteiger charge is -2.03. The van der Waals surface area contributed by atoms with Crippen molar-refractivity contribution in [3.8, 4) is 0 Å². The molecule has 0 aliphatic rings. The highest BCUT2D eigenvalue weighted by Crippen LogP contribution is 2.03. The molecule has 0 aliphatic carbocycles. The average Bonchev–Trinajstić information content (AvgIpc) is 2.09. The molecule has 0 fully saturated rings. The second kappa shape index (κ2) is 9.79. The van der Waals surface area contributed by atoms with Crippen molar-refractivity contribution in [1.82, 2.24) is 5.32 Å². The van der Waals surface area contributed by atoms with E-state index in [9.17, 15) is 0 Å². The summed E-state index contributed by atoms with van der Waals surface area (Å²) in [7, 11) is 0. The first kappa shape index (κ1) is 12.7. The number of rotatable bonds is 9. The van der Waals surface area contributed by atoms with Gasteiger partial charge in [0.05, 0.1) is 0 Å². The van der Waals surface area contributed by atoms with E-state index in [0.717, 1.165) is 13.1 Å². The van der Waals surface area contributed by atoms with Crippen LogP contribution in [0.4, 0.5) is 0 Å². The molecule has 0 saturated heterocycles. The zero-order valence-corrected chi connectivity index (χ0v) is 9.36. The van der Waals surface area contributed by atoms with Gasteiger partial charge in [-0.15, -0.1) is 0 Å². The molecule has 0 aromatic heterocycles. The Balaban J connectivity index is 2.87. The lowest BCUT2D eigenvalue weighted by atomic mass is 10.1. The highest BCUT2D eigenvalue weighted by atomic mass is 14.8. The Morgan fingerprint density at radius 3 is 2.31 bits per heavy atom. The summed E-state index contributed by atoms with van der Waals surface area (Å²) in [4.78, 5) is 0. The Bertz CT molecular complexity index is 118. The summed E-state index contributed by atoms with van der Waals surface area (Å²) in [6.07, 6.45) is 8.26. The largest absolute Gasteiger partial charge is 0.313 e. The fourth-order valence-electron chi connectivity index (χ4n) is 1.33. The molecule has 1 N–H and O–H groups in total. The summed E-state index contributed by atoms with van der Waals surface area (Å²) in [5.74, 6) is 0. The van der Waals surface area contributed by atoms with E-state index in [4.69, 9.17) is 0 Å². The monoisotopic (exact) mass is 183 g/mol. The minimum Gasteiger partial charge on any atom is -0.313 e. The summed E-state index contributed by atoms with van der Waals surface area (Å²) < 4.78 is 0. The van der Waals surface area contributed by atoms with Crippen molar-refractivity contribution in [1.29, 1.82) is 0 Å². The molecule has 0 unspecified atom stereocenters. The molecule has 0 atom stereocenters.